The number of hydrogen-bond donors (Lipinski definition) is 0. The van der Waals surface area contributed by atoms with Crippen LogP contribution in [-0.2, 0) is 4.74 Å². The smallest absolute Gasteiger partial charge is 0.366 e. The van der Waals surface area contributed by atoms with Gasteiger partial charge in [0, 0.05) is 0 Å². The molecule has 0 N–H and O–H groups in total. The van der Waals surface area contributed by atoms with E-state index in [-0.39, 0.29) is 18.9 Å². The fourth-order valence-corrected chi connectivity index (χ4v) is 1.31. The molecule has 1 unspecified atom stereocenters. The summed E-state index contributed by atoms with van der Waals surface area (Å²) >= 11 is 0. The quantitative estimate of drug-likeness (QED) is 0.539. The number of hydrogen-bond acceptors (Lipinski definition) is 1. The molecule has 0 aromatic heterocycles. The Morgan fingerprint density at radius 2 is 2.00 bits per heavy atom. The van der Waals surface area contributed by atoms with Crippen molar-refractivity contribution >= 4 is 0 Å². The van der Waals surface area contributed by atoms with Gasteiger partial charge < -0.3 is 4.74 Å². The first kappa shape index (κ1) is 8.84. The van der Waals surface area contributed by atoms with E-state index in [2.05, 4.69) is 0 Å². The van der Waals surface area contributed by atoms with E-state index in [0.29, 0.717) is 0 Å². The van der Waals surface area contributed by atoms with E-state index in [1.165, 1.54) is 0 Å². The highest BCUT2D eigenvalue weighted by molar-refractivity contribution is 4.89. The molecule has 1 rings (SSSR count). The summed E-state index contributed by atoms with van der Waals surface area (Å²) in [4.78, 5) is 0. The topological polar surface area (TPSA) is 9.23 Å². The van der Waals surface area contributed by atoms with Gasteiger partial charge in [-0.05, 0) is 19.3 Å². The molecule has 1 aliphatic rings. The van der Waals surface area contributed by atoms with Gasteiger partial charge in [0.15, 0.2) is 5.60 Å². The number of ether oxygens (including phenoxy) is 1. The zero-order valence-corrected chi connectivity index (χ0v) is 6.53. The zero-order chi connectivity index (χ0) is 8.70. The van der Waals surface area contributed by atoms with Crippen LogP contribution in [0.3, 0.4) is 0 Å². The van der Waals surface area contributed by atoms with E-state index in [1.807, 2.05) is 0 Å². The molecule has 0 saturated carbocycles. The normalized spacial score (nSPS) is 39.5. The maximum absolute atomic E-state index is 12.2. The SMILES string of the molecule is CC1CO[C@](C)(C(F)(F)F)C1. The van der Waals surface area contributed by atoms with E-state index < -0.39 is 11.8 Å². The Bertz CT molecular complexity index is 154. The number of alkyl halides is 3. The third-order valence-electron chi connectivity index (χ3n) is 2.02. The van der Waals surface area contributed by atoms with E-state index in [9.17, 15) is 13.2 Å². The molecule has 0 bridgehead atoms. The molecule has 2 atom stereocenters. The highest BCUT2D eigenvalue weighted by atomic mass is 19.4. The molecule has 0 aliphatic carbocycles. The van der Waals surface area contributed by atoms with Crippen LogP contribution in [0.15, 0.2) is 0 Å². The largest absolute Gasteiger partial charge is 0.417 e. The summed E-state index contributed by atoms with van der Waals surface area (Å²) in [6.07, 6.45) is -4.14. The summed E-state index contributed by atoms with van der Waals surface area (Å²) in [6, 6.07) is 0. The first-order valence-corrected chi connectivity index (χ1v) is 3.56. The van der Waals surface area contributed by atoms with Crippen molar-refractivity contribution in [3.63, 3.8) is 0 Å². The molecule has 0 radical (unpaired) electrons. The Labute approximate surface area is 63.5 Å². The van der Waals surface area contributed by atoms with Crippen LogP contribution in [0.4, 0.5) is 13.2 Å². The van der Waals surface area contributed by atoms with Crippen molar-refractivity contribution in [1.82, 2.24) is 0 Å². The lowest BCUT2D eigenvalue weighted by molar-refractivity contribution is -0.255. The van der Waals surface area contributed by atoms with Crippen LogP contribution in [0.5, 0.6) is 0 Å². The highest BCUT2D eigenvalue weighted by Gasteiger charge is 2.55. The van der Waals surface area contributed by atoms with Gasteiger partial charge in [-0.15, -0.1) is 0 Å². The lowest BCUT2D eigenvalue weighted by atomic mass is 9.97. The van der Waals surface area contributed by atoms with Gasteiger partial charge >= 0.3 is 6.18 Å². The van der Waals surface area contributed by atoms with Gasteiger partial charge in [-0.3, -0.25) is 0 Å². The monoisotopic (exact) mass is 168 g/mol. The molecule has 1 aliphatic heterocycles. The van der Waals surface area contributed by atoms with Crippen LogP contribution < -0.4 is 0 Å². The van der Waals surface area contributed by atoms with E-state index >= 15 is 0 Å². The molecule has 1 fully saturated rings. The molecular weight excluding hydrogens is 157 g/mol. The maximum atomic E-state index is 12.2. The molecule has 66 valence electrons. The maximum Gasteiger partial charge on any atom is 0.417 e. The Balaban J connectivity index is 2.69. The second-order valence-electron chi connectivity index (χ2n) is 3.35. The van der Waals surface area contributed by atoms with Crippen molar-refractivity contribution in [2.45, 2.75) is 32.0 Å². The average molecular weight is 168 g/mol. The predicted octanol–water partition coefficient (Wildman–Crippen LogP) is 2.36. The summed E-state index contributed by atoms with van der Waals surface area (Å²) in [6.45, 7) is 3.09. The Kier molecular flexibility index (Phi) is 1.90. The first-order chi connectivity index (χ1) is 4.85. The molecule has 0 aromatic rings. The van der Waals surface area contributed by atoms with Gasteiger partial charge in [0.2, 0.25) is 0 Å². The summed E-state index contributed by atoms with van der Waals surface area (Å²) in [5, 5.41) is 0. The lowest BCUT2D eigenvalue weighted by Crippen LogP contribution is -2.41. The molecule has 0 aromatic carbocycles. The number of rotatable bonds is 0. The molecule has 4 heteroatoms. The van der Waals surface area contributed by atoms with Crippen molar-refractivity contribution in [2.75, 3.05) is 6.61 Å². The summed E-state index contributed by atoms with van der Waals surface area (Å²) in [5.41, 5.74) is -1.90. The Morgan fingerprint density at radius 3 is 2.18 bits per heavy atom. The molecule has 1 saturated heterocycles. The minimum Gasteiger partial charge on any atom is -0.366 e. The van der Waals surface area contributed by atoms with E-state index in [4.69, 9.17) is 4.74 Å². The fourth-order valence-electron chi connectivity index (χ4n) is 1.31. The van der Waals surface area contributed by atoms with Gasteiger partial charge in [0.05, 0.1) is 6.61 Å². The molecule has 1 heterocycles. The van der Waals surface area contributed by atoms with Crippen molar-refractivity contribution in [1.29, 1.82) is 0 Å². The second-order valence-corrected chi connectivity index (χ2v) is 3.35. The molecule has 0 amide bonds. The Morgan fingerprint density at radius 1 is 1.45 bits per heavy atom. The minimum atomic E-state index is -4.22. The van der Waals surface area contributed by atoms with Crippen LogP contribution in [0, 0.1) is 5.92 Å². The van der Waals surface area contributed by atoms with E-state index in [0.717, 1.165) is 6.92 Å². The van der Waals surface area contributed by atoms with Gasteiger partial charge in [-0.25, -0.2) is 0 Å². The van der Waals surface area contributed by atoms with Crippen LogP contribution in [0.2, 0.25) is 0 Å². The van der Waals surface area contributed by atoms with Gasteiger partial charge in [-0.2, -0.15) is 13.2 Å². The third kappa shape index (κ3) is 1.50. The van der Waals surface area contributed by atoms with Crippen molar-refractivity contribution in [3.8, 4) is 0 Å². The van der Waals surface area contributed by atoms with Crippen LogP contribution in [0.1, 0.15) is 20.3 Å². The first-order valence-electron chi connectivity index (χ1n) is 3.56. The van der Waals surface area contributed by atoms with E-state index in [1.54, 1.807) is 6.92 Å². The van der Waals surface area contributed by atoms with Crippen molar-refractivity contribution in [3.05, 3.63) is 0 Å². The van der Waals surface area contributed by atoms with Crippen LogP contribution >= 0.6 is 0 Å². The highest BCUT2D eigenvalue weighted by Crippen LogP contribution is 2.42. The second kappa shape index (κ2) is 2.37. The lowest BCUT2D eigenvalue weighted by Gasteiger charge is -2.25. The Hall–Kier alpha value is -0.250. The average Bonchev–Trinajstić information content (AvgIpc) is 2.10. The minimum absolute atomic E-state index is 0.0154. The molecule has 1 nitrogen and oxygen atoms in total. The zero-order valence-electron chi connectivity index (χ0n) is 6.53. The fraction of sp³-hybridized carbons (Fsp3) is 1.00. The van der Waals surface area contributed by atoms with Gasteiger partial charge in [-0.1, -0.05) is 6.92 Å². The molecule has 11 heavy (non-hydrogen) atoms. The summed E-state index contributed by atoms with van der Waals surface area (Å²) in [7, 11) is 0. The summed E-state index contributed by atoms with van der Waals surface area (Å²) < 4.78 is 41.3. The van der Waals surface area contributed by atoms with Gasteiger partial charge in [0.1, 0.15) is 0 Å². The van der Waals surface area contributed by atoms with Crippen LogP contribution in [0.25, 0.3) is 0 Å². The number of halogens is 3. The molecule has 0 spiro atoms. The third-order valence-corrected chi connectivity index (χ3v) is 2.02. The summed E-state index contributed by atoms with van der Waals surface area (Å²) in [5.74, 6) is 0.0154. The van der Waals surface area contributed by atoms with Crippen molar-refractivity contribution in [2.24, 2.45) is 5.92 Å². The molecular formula is C7H11F3O. The van der Waals surface area contributed by atoms with Crippen LogP contribution in [-0.4, -0.2) is 18.4 Å². The van der Waals surface area contributed by atoms with Gasteiger partial charge in [0.25, 0.3) is 0 Å². The predicted molar refractivity (Wildman–Crippen MR) is 34.2 cm³/mol. The standard InChI is InChI=1S/C7H11F3O/c1-5-3-6(2,11-4-5)7(8,9)10/h5H,3-4H2,1-2H3/t5?,6-/m0/s1. The van der Waals surface area contributed by atoms with Crippen molar-refractivity contribution < 1.29 is 17.9 Å².